The van der Waals surface area contributed by atoms with Gasteiger partial charge in [-0.05, 0) is 30.7 Å². The van der Waals surface area contributed by atoms with Gasteiger partial charge in [0, 0.05) is 5.56 Å². The van der Waals surface area contributed by atoms with E-state index in [4.69, 9.17) is 10.2 Å². The van der Waals surface area contributed by atoms with Gasteiger partial charge in [0.05, 0.1) is 6.04 Å². The summed E-state index contributed by atoms with van der Waals surface area (Å²) in [6, 6.07) is 4.79. The standard InChI is InChI=1S/C12H12F3N3O2/c1-2-9(16)11-18-17-10(19-11)7-3-5-8(6-4-7)20-12(13,14)15/h3-6,9H,2,16H2,1H3. The molecular weight excluding hydrogens is 275 g/mol. The van der Waals surface area contributed by atoms with Crippen LogP contribution < -0.4 is 10.5 Å². The molecule has 1 aromatic carbocycles. The highest BCUT2D eigenvalue weighted by Crippen LogP contribution is 2.26. The van der Waals surface area contributed by atoms with Crippen molar-refractivity contribution in [2.45, 2.75) is 25.7 Å². The number of ether oxygens (including phenoxy) is 1. The fraction of sp³-hybridized carbons (Fsp3) is 0.333. The van der Waals surface area contributed by atoms with E-state index >= 15 is 0 Å². The Morgan fingerprint density at radius 1 is 1.25 bits per heavy atom. The van der Waals surface area contributed by atoms with Gasteiger partial charge in [-0.25, -0.2) is 0 Å². The Labute approximate surface area is 112 Å². The molecule has 1 heterocycles. The Morgan fingerprint density at radius 3 is 2.45 bits per heavy atom. The molecule has 0 fully saturated rings. The van der Waals surface area contributed by atoms with Gasteiger partial charge in [0.1, 0.15) is 5.75 Å². The highest BCUT2D eigenvalue weighted by molar-refractivity contribution is 5.54. The number of nitrogens with two attached hydrogens (primary N) is 1. The topological polar surface area (TPSA) is 74.2 Å². The highest BCUT2D eigenvalue weighted by Gasteiger charge is 2.31. The molecule has 1 unspecified atom stereocenters. The number of hydrogen-bond acceptors (Lipinski definition) is 5. The average molecular weight is 287 g/mol. The Balaban J connectivity index is 2.15. The van der Waals surface area contributed by atoms with Crippen LogP contribution in [0.3, 0.4) is 0 Å². The molecule has 2 N–H and O–H groups in total. The Morgan fingerprint density at radius 2 is 1.90 bits per heavy atom. The molecule has 20 heavy (non-hydrogen) atoms. The summed E-state index contributed by atoms with van der Waals surface area (Å²) >= 11 is 0. The first kappa shape index (κ1) is 14.3. The molecule has 0 bridgehead atoms. The fourth-order valence-corrected chi connectivity index (χ4v) is 1.47. The van der Waals surface area contributed by atoms with Crippen LogP contribution in [0.15, 0.2) is 28.7 Å². The van der Waals surface area contributed by atoms with Gasteiger partial charge in [-0.1, -0.05) is 6.92 Å². The Kier molecular flexibility index (Phi) is 3.93. The minimum absolute atomic E-state index is 0.197. The second-order valence-corrected chi connectivity index (χ2v) is 4.03. The van der Waals surface area contributed by atoms with E-state index in [1.54, 1.807) is 0 Å². The lowest BCUT2D eigenvalue weighted by atomic mass is 10.2. The van der Waals surface area contributed by atoms with E-state index in [1.165, 1.54) is 24.3 Å². The second kappa shape index (κ2) is 5.49. The van der Waals surface area contributed by atoms with E-state index in [0.717, 1.165) is 0 Å². The number of halogens is 3. The quantitative estimate of drug-likeness (QED) is 0.935. The molecule has 8 heteroatoms. The molecule has 0 aliphatic rings. The number of aromatic nitrogens is 2. The molecule has 2 aromatic rings. The molecule has 0 saturated heterocycles. The molecule has 0 amide bonds. The first-order valence-electron chi connectivity index (χ1n) is 5.84. The van der Waals surface area contributed by atoms with Gasteiger partial charge in [-0.2, -0.15) is 0 Å². The van der Waals surface area contributed by atoms with E-state index in [9.17, 15) is 13.2 Å². The van der Waals surface area contributed by atoms with Gasteiger partial charge in [0.2, 0.25) is 11.8 Å². The van der Waals surface area contributed by atoms with Gasteiger partial charge in [0.15, 0.2) is 0 Å². The third-order valence-corrected chi connectivity index (χ3v) is 2.53. The van der Waals surface area contributed by atoms with Gasteiger partial charge in [0.25, 0.3) is 0 Å². The van der Waals surface area contributed by atoms with E-state index in [0.29, 0.717) is 12.0 Å². The zero-order valence-corrected chi connectivity index (χ0v) is 10.5. The highest BCUT2D eigenvalue weighted by atomic mass is 19.4. The Bertz CT molecular complexity index is 566. The number of benzene rings is 1. The summed E-state index contributed by atoms with van der Waals surface area (Å²) in [5, 5.41) is 7.59. The van der Waals surface area contributed by atoms with Crippen LogP contribution in [0.5, 0.6) is 5.75 Å². The van der Waals surface area contributed by atoms with Crippen molar-refractivity contribution in [2.24, 2.45) is 5.73 Å². The summed E-state index contributed by atoms with van der Waals surface area (Å²) in [5.74, 6) is 0.173. The molecule has 1 atom stereocenters. The SMILES string of the molecule is CCC(N)c1nnc(-c2ccc(OC(F)(F)F)cc2)o1. The molecule has 0 spiro atoms. The molecular formula is C12H12F3N3O2. The van der Waals surface area contributed by atoms with Crippen LogP contribution in [0.25, 0.3) is 11.5 Å². The summed E-state index contributed by atoms with van der Waals surface area (Å²) < 4.78 is 45.2. The molecule has 0 saturated carbocycles. The van der Waals surface area contributed by atoms with Crippen LogP contribution in [0, 0.1) is 0 Å². The largest absolute Gasteiger partial charge is 0.573 e. The van der Waals surface area contributed by atoms with Crippen molar-refractivity contribution in [1.29, 1.82) is 0 Å². The number of nitrogens with zero attached hydrogens (tertiary/aromatic N) is 2. The van der Waals surface area contributed by atoms with Crippen LogP contribution in [-0.2, 0) is 0 Å². The van der Waals surface area contributed by atoms with Gasteiger partial charge in [-0.3, -0.25) is 0 Å². The number of alkyl halides is 3. The second-order valence-electron chi connectivity index (χ2n) is 4.03. The van der Waals surface area contributed by atoms with E-state index in [-0.39, 0.29) is 23.6 Å². The fourth-order valence-electron chi connectivity index (χ4n) is 1.47. The van der Waals surface area contributed by atoms with Crippen molar-refractivity contribution in [1.82, 2.24) is 10.2 Å². The van der Waals surface area contributed by atoms with Crippen LogP contribution in [0.1, 0.15) is 25.3 Å². The van der Waals surface area contributed by atoms with Crippen LogP contribution >= 0.6 is 0 Å². The third-order valence-electron chi connectivity index (χ3n) is 2.53. The van der Waals surface area contributed by atoms with Gasteiger partial charge >= 0.3 is 6.36 Å². The van der Waals surface area contributed by atoms with Crippen LogP contribution in [0.4, 0.5) is 13.2 Å². The zero-order valence-electron chi connectivity index (χ0n) is 10.5. The van der Waals surface area contributed by atoms with E-state index < -0.39 is 6.36 Å². The van der Waals surface area contributed by atoms with Gasteiger partial charge < -0.3 is 14.9 Å². The maximum Gasteiger partial charge on any atom is 0.573 e. The van der Waals surface area contributed by atoms with E-state index in [1.807, 2.05) is 6.92 Å². The Hall–Kier alpha value is -2.09. The number of rotatable bonds is 4. The number of hydrogen-bond donors (Lipinski definition) is 1. The molecule has 108 valence electrons. The van der Waals surface area contributed by atoms with Crippen molar-refractivity contribution in [3.63, 3.8) is 0 Å². The summed E-state index contributed by atoms with van der Waals surface area (Å²) in [6.07, 6.45) is -4.08. The zero-order chi connectivity index (χ0) is 14.8. The maximum absolute atomic E-state index is 12.0. The monoisotopic (exact) mass is 287 g/mol. The van der Waals surface area contributed by atoms with Crippen molar-refractivity contribution in [3.05, 3.63) is 30.2 Å². The maximum atomic E-state index is 12.0. The lowest BCUT2D eigenvalue weighted by molar-refractivity contribution is -0.274. The van der Waals surface area contributed by atoms with E-state index in [2.05, 4.69) is 14.9 Å². The summed E-state index contributed by atoms with van der Waals surface area (Å²) in [5.41, 5.74) is 6.23. The summed E-state index contributed by atoms with van der Waals surface area (Å²) in [6.45, 7) is 1.87. The molecule has 2 rings (SSSR count). The van der Waals surface area contributed by atoms with Crippen molar-refractivity contribution in [2.75, 3.05) is 0 Å². The molecule has 0 aliphatic heterocycles. The third kappa shape index (κ3) is 3.47. The molecule has 1 aromatic heterocycles. The summed E-state index contributed by atoms with van der Waals surface area (Å²) in [7, 11) is 0. The normalized spacial score (nSPS) is 13.2. The molecule has 0 radical (unpaired) electrons. The summed E-state index contributed by atoms with van der Waals surface area (Å²) in [4.78, 5) is 0. The first-order chi connectivity index (χ1) is 9.39. The first-order valence-corrected chi connectivity index (χ1v) is 5.84. The van der Waals surface area contributed by atoms with Crippen molar-refractivity contribution < 1.29 is 22.3 Å². The predicted octanol–water partition coefficient (Wildman–Crippen LogP) is 3.05. The lowest BCUT2D eigenvalue weighted by Gasteiger charge is -2.08. The minimum Gasteiger partial charge on any atom is -0.419 e. The average Bonchev–Trinajstić information content (AvgIpc) is 2.86. The smallest absolute Gasteiger partial charge is 0.419 e. The lowest BCUT2D eigenvalue weighted by Crippen LogP contribution is -2.16. The predicted molar refractivity (Wildman–Crippen MR) is 63.6 cm³/mol. The molecule has 0 aliphatic carbocycles. The van der Waals surface area contributed by atoms with Crippen LogP contribution in [-0.4, -0.2) is 16.6 Å². The van der Waals surface area contributed by atoms with Crippen LogP contribution in [0.2, 0.25) is 0 Å². The van der Waals surface area contributed by atoms with Crippen molar-refractivity contribution in [3.8, 4) is 17.2 Å². The minimum atomic E-state index is -4.72. The van der Waals surface area contributed by atoms with Gasteiger partial charge in [-0.15, -0.1) is 23.4 Å². The molecule has 5 nitrogen and oxygen atoms in total. The van der Waals surface area contributed by atoms with Crippen molar-refractivity contribution >= 4 is 0 Å².